The molecule has 3 aromatic rings. The smallest absolute Gasteiger partial charge is 0.416 e. The van der Waals surface area contributed by atoms with Crippen molar-refractivity contribution < 1.29 is 23.0 Å². The van der Waals surface area contributed by atoms with E-state index in [9.17, 15) is 18.3 Å². The van der Waals surface area contributed by atoms with Gasteiger partial charge in [0.05, 0.1) is 18.4 Å². The molecule has 0 amide bonds. The molecule has 0 aliphatic carbocycles. The minimum absolute atomic E-state index is 0.0725. The number of azo groups is 1. The minimum Gasteiger partial charge on any atom is -0.494 e. The molecule has 0 fully saturated rings. The highest BCUT2D eigenvalue weighted by Crippen LogP contribution is 2.39. The van der Waals surface area contributed by atoms with Gasteiger partial charge >= 0.3 is 6.18 Å². The summed E-state index contributed by atoms with van der Waals surface area (Å²) in [5, 5.41) is 18.5. The van der Waals surface area contributed by atoms with Crippen molar-refractivity contribution in [3.63, 3.8) is 0 Å². The summed E-state index contributed by atoms with van der Waals surface area (Å²) in [6.45, 7) is 0. The summed E-state index contributed by atoms with van der Waals surface area (Å²) in [7, 11) is 1.49. The molecule has 2 aromatic carbocycles. The topological polar surface area (TPSA) is 59.1 Å². The van der Waals surface area contributed by atoms with E-state index in [4.69, 9.17) is 17.0 Å². The van der Waals surface area contributed by atoms with Crippen LogP contribution in [0.15, 0.2) is 58.8 Å². The second kappa shape index (κ2) is 7.49. The van der Waals surface area contributed by atoms with Gasteiger partial charge in [0.25, 0.3) is 0 Å². The van der Waals surface area contributed by atoms with Crippen LogP contribution in [-0.4, -0.2) is 16.8 Å². The van der Waals surface area contributed by atoms with E-state index in [1.54, 1.807) is 24.3 Å². The molecule has 5 nitrogen and oxygen atoms in total. The highest BCUT2D eigenvalue weighted by Gasteiger charge is 2.30. The van der Waals surface area contributed by atoms with Gasteiger partial charge in [-0.25, -0.2) is 0 Å². The van der Waals surface area contributed by atoms with Crippen LogP contribution >= 0.6 is 23.6 Å². The first kappa shape index (κ1) is 19.1. The lowest BCUT2D eigenvalue weighted by molar-refractivity contribution is -0.137. The van der Waals surface area contributed by atoms with Gasteiger partial charge in [-0.3, -0.25) is 4.57 Å². The first-order chi connectivity index (χ1) is 12.8. The van der Waals surface area contributed by atoms with Gasteiger partial charge in [-0.15, -0.1) is 10.2 Å². The summed E-state index contributed by atoms with van der Waals surface area (Å²) < 4.78 is 45.2. The number of rotatable bonds is 4. The van der Waals surface area contributed by atoms with E-state index in [2.05, 4.69) is 10.2 Å². The molecule has 0 saturated heterocycles. The fourth-order valence-corrected chi connectivity index (χ4v) is 3.42. The van der Waals surface area contributed by atoms with Crippen LogP contribution < -0.4 is 4.74 Å². The van der Waals surface area contributed by atoms with Gasteiger partial charge in [0, 0.05) is 0 Å². The van der Waals surface area contributed by atoms with Crippen LogP contribution in [0, 0.1) is 3.95 Å². The molecule has 0 spiro atoms. The van der Waals surface area contributed by atoms with Crippen LogP contribution in [0.25, 0.3) is 5.69 Å². The fraction of sp³-hybridized carbons (Fsp3) is 0.118. The summed E-state index contributed by atoms with van der Waals surface area (Å²) in [5.74, 6) is 0.102. The van der Waals surface area contributed by atoms with Crippen molar-refractivity contribution in [2.24, 2.45) is 10.2 Å². The van der Waals surface area contributed by atoms with Gasteiger partial charge < -0.3 is 9.84 Å². The Hall–Kier alpha value is -2.72. The maximum Gasteiger partial charge on any atom is 0.416 e. The summed E-state index contributed by atoms with van der Waals surface area (Å²) in [5.41, 5.74) is -0.323. The van der Waals surface area contributed by atoms with Gasteiger partial charge in [-0.1, -0.05) is 29.5 Å². The number of thiazole rings is 1. The minimum atomic E-state index is -4.50. The number of methoxy groups -OCH3 is 1. The number of aromatic hydroxyl groups is 1. The second-order valence-corrected chi connectivity index (χ2v) is 6.87. The van der Waals surface area contributed by atoms with Gasteiger partial charge in [0.15, 0.2) is 3.95 Å². The lowest BCUT2D eigenvalue weighted by atomic mass is 10.2. The Morgan fingerprint density at radius 2 is 1.85 bits per heavy atom. The van der Waals surface area contributed by atoms with Crippen LogP contribution in [0.3, 0.4) is 0 Å². The molecule has 27 heavy (non-hydrogen) atoms. The first-order valence-electron chi connectivity index (χ1n) is 7.48. The average molecular weight is 411 g/mol. The Bertz CT molecular complexity index is 1060. The number of nitrogens with zero attached hydrogens (tertiary/aromatic N) is 3. The normalized spacial score (nSPS) is 11.9. The van der Waals surface area contributed by atoms with Gasteiger partial charge in [-0.2, -0.15) is 13.2 Å². The summed E-state index contributed by atoms with van der Waals surface area (Å²) >= 11 is 6.10. The predicted molar refractivity (Wildman–Crippen MR) is 98.3 cm³/mol. The number of alkyl halides is 3. The molecule has 0 aliphatic heterocycles. The molecule has 0 aliphatic rings. The zero-order valence-electron chi connectivity index (χ0n) is 13.8. The molecule has 140 valence electrons. The second-order valence-electron chi connectivity index (χ2n) is 5.25. The number of aromatic nitrogens is 1. The van der Waals surface area contributed by atoms with E-state index in [-0.39, 0.29) is 20.5 Å². The average Bonchev–Trinajstić information content (AvgIpc) is 2.93. The Morgan fingerprint density at radius 1 is 1.11 bits per heavy atom. The summed E-state index contributed by atoms with van der Waals surface area (Å²) in [6.07, 6.45) is -4.50. The Labute approximate surface area is 161 Å². The Kier molecular flexibility index (Phi) is 5.29. The lowest BCUT2D eigenvalue weighted by Gasteiger charge is -2.09. The molecule has 1 N–H and O–H groups in total. The summed E-state index contributed by atoms with van der Waals surface area (Å²) in [4.78, 5) is 0. The first-order valence-corrected chi connectivity index (χ1v) is 8.71. The van der Waals surface area contributed by atoms with E-state index in [1.807, 2.05) is 0 Å². The molecule has 1 heterocycles. The van der Waals surface area contributed by atoms with E-state index >= 15 is 0 Å². The molecule has 0 unspecified atom stereocenters. The zero-order valence-corrected chi connectivity index (χ0v) is 15.4. The Morgan fingerprint density at radius 3 is 2.56 bits per heavy atom. The van der Waals surface area contributed by atoms with E-state index in [1.165, 1.54) is 19.2 Å². The Balaban J connectivity index is 2.01. The SMILES string of the molecule is COc1ccccc1N=Nc1sc(=S)n(-c2cccc(C(F)(F)F)c2)c1O. The van der Waals surface area contributed by atoms with Crippen LogP contribution in [0.2, 0.25) is 0 Å². The number of halogens is 3. The number of benzene rings is 2. The largest absolute Gasteiger partial charge is 0.494 e. The van der Waals surface area contributed by atoms with Crippen LogP contribution in [0.5, 0.6) is 11.6 Å². The molecular weight excluding hydrogens is 399 g/mol. The van der Waals surface area contributed by atoms with Crippen LogP contribution in [0.1, 0.15) is 5.56 Å². The van der Waals surface area contributed by atoms with Crippen LogP contribution in [-0.2, 0) is 6.18 Å². The van der Waals surface area contributed by atoms with Crippen molar-refractivity contribution in [2.45, 2.75) is 6.18 Å². The molecule has 0 saturated carbocycles. The van der Waals surface area contributed by atoms with Crippen molar-refractivity contribution in [3.8, 4) is 17.3 Å². The number of hydrogen-bond acceptors (Lipinski definition) is 6. The quantitative estimate of drug-likeness (QED) is 0.398. The van der Waals surface area contributed by atoms with Crippen molar-refractivity contribution in [2.75, 3.05) is 7.11 Å². The summed E-state index contributed by atoms with van der Waals surface area (Å²) in [6, 6.07) is 11.4. The predicted octanol–water partition coefficient (Wildman–Crippen LogP) is 6.42. The molecule has 0 radical (unpaired) electrons. The lowest BCUT2D eigenvalue weighted by Crippen LogP contribution is -2.05. The van der Waals surface area contributed by atoms with Crippen molar-refractivity contribution in [1.29, 1.82) is 0 Å². The maximum absolute atomic E-state index is 12.9. The third kappa shape index (κ3) is 4.01. The molecule has 10 heteroatoms. The van der Waals surface area contributed by atoms with Gasteiger partial charge in [0.1, 0.15) is 11.4 Å². The van der Waals surface area contributed by atoms with Crippen molar-refractivity contribution >= 4 is 34.2 Å². The van der Waals surface area contributed by atoms with Crippen molar-refractivity contribution in [1.82, 2.24) is 4.57 Å². The maximum atomic E-state index is 12.9. The monoisotopic (exact) mass is 411 g/mol. The van der Waals surface area contributed by atoms with Crippen molar-refractivity contribution in [3.05, 3.63) is 58.0 Å². The molecular formula is C17H12F3N3O2S2. The third-order valence-electron chi connectivity index (χ3n) is 3.54. The molecule has 3 rings (SSSR count). The van der Waals surface area contributed by atoms with E-state index < -0.39 is 11.7 Å². The number of hydrogen-bond donors (Lipinski definition) is 1. The van der Waals surface area contributed by atoms with E-state index in [0.717, 1.165) is 28.0 Å². The van der Waals surface area contributed by atoms with Gasteiger partial charge in [0.2, 0.25) is 10.9 Å². The standard InChI is InChI=1S/C17H12F3N3O2S2/c1-25-13-8-3-2-7-12(13)21-22-14-15(24)23(16(26)27-14)11-6-4-5-10(9-11)17(18,19)20/h2-9,24H,1H3. The highest BCUT2D eigenvalue weighted by atomic mass is 32.1. The fourth-order valence-electron chi connectivity index (χ4n) is 2.28. The molecule has 1 aromatic heterocycles. The number of para-hydroxylation sites is 1. The number of ether oxygens (including phenoxy) is 1. The van der Waals surface area contributed by atoms with E-state index in [0.29, 0.717) is 11.4 Å². The zero-order chi connectivity index (χ0) is 19.6. The molecule has 0 atom stereocenters. The highest BCUT2D eigenvalue weighted by molar-refractivity contribution is 7.73. The third-order valence-corrected chi connectivity index (χ3v) is 4.78. The molecule has 0 bridgehead atoms. The van der Waals surface area contributed by atoms with Crippen LogP contribution in [0.4, 0.5) is 23.9 Å². The van der Waals surface area contributed by atoms with Gasteiger partial charge in [-0.05, 0) is 42.5 Å².